The van der Waals surface area contributed by atoms with Crippen molar-refractivity contribution in [2.75, 3.05) is 45.1 Å². The second kappa shape index (κ2) is 21.5. The molecule has 9 atom stereocenters. The predicted octanol–water partition coefficient (Wildman–Crippen LogP) is 3.58. The minimum atomic E-state index is -1.18. The summed E-state index contributed by atoms with van der Waals surface area (Å²) in [6.45, 7) is 8.26. The average Bonchev–Trinajstić information content (AvgIpc) is 3.77. The van der Waals surface area contributed by atoms with Crippen molar-refractivity contribution in [2.24, 2.45) is 11.8 Å². The Balaban J connectivity index is 0.955. The molecule has 2 aliphatic heterocycles. The highest BCUT2D eigenvalue weighted by atomic mass is 16.7. The van der Waals surface area contributed by atoms with Gasteiger partial charge in [0.15, 0.2) is 29.5 Å². The van der Waals surface area contributed by atoms with E-state index in [1.54, 1.807) is 28.8 Å². The molecule has 0 radical (unpaired) electrons. The number of esters is 1. The van der Waals surface area contributed by atoms with Crippen molar-refractivity contribution in [3.63, 3.8) is 0 Å². The molecule has 0 bridgehead atoms. The Labute approximate surface area is 326 Å². The van der Waals surface area contributed by atoms with Crippen LogP contribution in [0.5, 0.6) is 0 Å². The van der Waals surface area contributed by atoms with Crippen LogP contribution in [0.25, 0.3) is 11.2 Å². The maximum absolute atomic E-state index is 12.8. The van der Waals surface area contributed by atoms with Crippen LogP contribution in [0.1, 0.15) is 82.8 Å². The number of amides is 1. The lowest BCUT2D eigenvalue weighted by atomic mass is 9.84. The van der Waals surface area contributed by atoms with Crippen molar-refractivity contribution in [3.8, 4) is 0 Å². The molecule has 2 fully saturated rings. The summed E-state index contributed by atoms with van der Waals surface area (Å²) in [6.07, 6.45) is 1.54. The minimum Gasteiger partial charge on any atom is -0.459 e. The SMILES string of the molecule is CCC1OC(OCCCCC(=O)CCCOCCOCO[C@H]2C(O)[C@@H](CO)O[C@H]2n2cnc3c(NC(=O)c4ccccc4)ncnc32)C(C)C(C)C1OC(C)=O. The number of ether oxygens (including phenoxy) is 7. The van der Waals surface area contributed by atoms with Gasteiger partial charge in [0.2, 0.25) is 0 Å². The monoisotopic (exact) mass is 785 g/mol. The number of carbonyl (C=O) groups is 3. The van der Waals surface area contributed by atoms with Crippen LogP contribution in [0, 0.1) is 11.8 Å². The highest BCUT2D eigenvalue weighted by Crippen LogP contribution is 2.36. The van der Waals surface area contributed by atoms with E-state index >= 15 is 0 Å². The Kier molecular flexibility index (Phi) is 16.6. The number of hydrogen-bond acceptors (Lipinski definition) is 15. The fourth-order valence-corrected chi connectivity index (χ4v) is 6.85. The lowest BCUT2D eigenvalue weighted by molar-refractivity contribution is -0.267. The molecule has 2 saturated heterocycles. The van der Waals surface area contributed by atoms with Crippen molar-refractivity contribution in [3.05, 3.63) is 48.5 Å². The molecule has 3 N–H and O–H groups in total. The van der Waals surface area contributed by atoms with Crippen LogP contribution in [0.3, 0.4) is 0 Å². The van der Waals surface area contributed by atoms with Crippen LogP contribution < -0.4 is 5.32 Å². The van der Waals surface area contributed by atoms with Gasteiger partial charge in [-0.3, -0.25) is 19.0 Å². The van der Waals surface area contributed by atoms with Gasteiger partial charge < -0.3 is 48.7 Å². The number of imidazole rings is 1. The first kappa shape index (κ1) is 43.2. The topological polar surface area (TPSA) is 212 Å². The predicted molar refractivity (Wildman–Crippen MR) is 200 cm³/mol. The number of nitrogens with one attached hydrogen (secondary N) is 1. The number of hydrogen-bond donors (Lipinski definition) is 3. The van der Waals surface area contributed by atoms with Gasteiger partial charge in [-0.2, -0.15) is 0 Å². The third-order valence-electron chi connectivity index (χ3n) is 10.1. The van der Waals surface area contributed by atoms with Gasteiger partial charge in [0.1, 0.15) is 43.3 Å². The Morgan fingerprint density at radius 3 is 2.39 bits per heavy atom. The van der Waals surface area contributed by atoms with Crippen molar-refractivity contribution in [1.82, 2.24) is 19.5 Å². The highest BCUT2D eigenvalue weighted by Gasteiger charge is 2.46. The molecule has 1 aromatic carbocycles. The summed E-state index contributed by atoms with van der Waals surface area (Å²) in [5.41, 5.74) is 1.08. The molecule has 1 amide bonds. The quantitative estimate of drug-likeness (QED) is 0.0755. The fourth-order valence-electron chi connectivity index (χ4n) is 6.85. The standard InChI is InChI=1S/C39H55N5O12/c1-5-29-33(54-26(4)46)24(2)25(3)39(56-29)52-17-10-9-14-28(47)15-11-16-50-18-19-51-23-53-34-32(48)30(20-45)55-38(34)44-22-42-31-35(40-21-41-36(31)44)43-37(49)27-12-7-6-8-13-27/h6-8,12-13,21-22,24-25,29-30,32-34,38-39,45,48H,5,9-11,14-20,23H2,1-4H3,(H,40,41,43,49)/t24?,25?,29?,30-,32?,33?,34+,38-,39?/m1/s1. The lowest BCUT2D eigenvalue weighted by Crippen LogP contribution is -2.51. The maximum atomic E-state index is 12.8. The Morgan fingerprint density at radius 2 is 1.64 bits per heavy atom. The summed E-state index contributed by atoms with van der Waals surface area (Å²) >= 11 is 0. The number of rotatable bonds is 22. The molecule has 5 rings (SSSR count). The van der Waals surface area contributed by atoms with E-state index in [9.17, 15) is 24.6 Å². The lowest BCUT2D eigenvalue weighted by Gasteiger charge is -2.43. The summed E-state index contributed by atoms with van der Waals surface area (Å²) in [6, 6.07) is 8.68. The van der Waals surface area contributed by atoms with Crippen LogP contribution in [0.4, 0.5) is 5.82 Å². The molecule has 3 aromatic rings. The van der Waals surface area contributed by atoms with Crippen LogP contribution in [0.2, 0.25) is 0 Å². The number of unbranched alkanes of at least 4 members (excludes halogenated alkanes) is 1. The van der Waals surface area contributed by atoms with Gasteiger partial charge in [0, 0.05) is 50.4 Å². The third kappa shape index (κ3) is 11.3. The summed E-state index contributed by atoms with van der Waals surface area (Å²) in [7, 11) is 0. The Hall–Kier alpha value is -3.94. The van der Waals surface area contributed by atoms with Gasteiger partial charge >= 0.3 is 5.97 Å². The normalized spacial score (nSPS) is 26.4. The molecule has 56 heavy (non-hydrogen) atoms. The first-order valence-electron chi connectivity index (χ1n) is 19.3. The third-order valence-corrected chi connectivity index (χ3v) is 10.1. The molecule has 0 aliphatic carbocycles. The van der Waals surface area contributed by atoms with Crippen LogP contribution in [-0.4, -0.2) is 124 Å². The number of nitrogens with zero attached hydrogens (tertiary/aromatic N) is 4. The second-order valence-electron chi connectivity index (χ2n) is 14.1. The van der Waals surface area contributed by atoms with Crippen LogP contribution in [-0.2, 0) is 42.7 Å². The molecule has 17 heteroatoms. The molecule has 2 aliphatic rings. The van der Waals surface area contributed by atoms with E-state index in [2.05, 4.69) is 27.2 Å². The van der Waals surface area contributed by atoms with Gasteiger partial charge in [0.05, 0.1) is 32.3 Å². The summed E-state index contributed by atoms with van der Waals surface area (Å²) < 4.78 is 42.2. The van der Waals surface area contributed by atoms with E-state index in [1.165, 1.54) is 19.6 Å². The number of Topliss-reactive ketones (excluding diaryl/α,β-unsaturated/α-hetero) is 1. The Bertz CT molecular complexity index is 1690. The van der Waals surface area contributed by atoms with Crippen LogP contribution >= 0.6 is 0 Å². The molecular weight excluding hydrogens is 730 g/mol. The minimum absolute atomic E-state index is 0.0621. The molecule has 6 unspecified atom stereocenters. The van der Waals surface area contributed by atoms with Crippen molar-refractivity contribution < 1.29 is 57.8 Å². The molecule has 308 valence electrons. The van der Waals surface area contributed by atoms with Gasteiger partial charge in [-0.05, 0) is 37.8 Å². The highest BCUT2D eigenvalue weighted by molar-refractivity contribution is 6.06. The summed E-state index contributed by atoms with van der Waals surface area (Å²) in [5, 5.41) is 23.4. The largest absolute Gasteiger partial charge is 0.459 e. The molecule has 17 nitrogen and oxygen atoms in total. The number of aromatic nitrogens is 4. The van der Waals surface area contributed by atoms with Crippen molar-refractivity contribution in [2.45, 2.75) is 109 Å². The molecule has 2 aromatic heterocycles. The van der Waals surface area contributed by atoms with Gasteiger partial charge in [-0.25, -0.2) is 15.0 Å². The van der Waals surface area contributed by atoms with Gasteiger partial charge in [0.25, 0.3) is 5.91 Å². The maximum Gasteiger partial charge on any atom is 0.303 e. The zero-order chi connectivity index (χ0) is 40.0. The zero-order valence-corrected chi connectivity index (χ0v) is 32.5. The summed E-state index contributed by atoms with van der Waals surface area (Å²) in [5.74, 6) is -0.139. The number of benzene rings is 1. The molecule has 0 saturated carbocycles. The smallest absolute Gasteiger partial charge is 0.303 e. The number of anilines is 1. The number of aliphatic hydroxyl groups is 2. The van der Waals surface area contributed by atoms with Crippen LogP contribution in [0.15, 0.2) is 43.0 Å². The van der Waals surface area contributed by atoms with Crippen molar-refractivity contribution >= 4 is 34.6 Å². The first-order chi connectivity index (χ1) is 27.1. The number of ketones is 1. The molecule has 0 spiro atoms. The fraction of sp³-hybridized carbons (Fsp3) is 0.641. The first-order valence-corrected chi connectivity index (χ1v) is 19.3. The van der Waals surface area contributed by atoms with Gasteiger partial charge in [-0.1, -0.05) is 39.0 Å². The molecular formula is C39H55N5O12. The number of carbonyl (C=O) groups excluding carboxylic acids is 3. The Morgan fingerprint density at radius 1 is 0.875 bits per heavy atom. The zero-order valence-electron chi connectivity index (χ0n) is 32.5. The van der Waals surface area contributed by atoms with Gasteiger partial charge in [-0.15, -0.1) is 0 Å². The van der Waals surface area contributed by atoms with E-state index < -0.39 is 31.1 Å². The van der Waals surface area contributed by atoms with E-state index in [1.807, 2.05) is 19.9 Å². The van der Waals surface area contributed by atoms with E-state index in [0.29, 0.717) is 55.6 Å². The van der Waals surface area contributed by atoms with E-state index in [-0.39, 0.29) is 73.8 Å². The van der Waals surface area contributed by atoms with E-state index in [4.69, 9.17) is 33.2 Å². The van der Waals surface area contributed by atoms with E-state index in [0.717, 1.165) is 12.8 Å². The number of aliphatic hydroxyl groups excluding tert-OH is 2. The van der Waals surface area contributed by atoms with Crippen molar-refractivity contribution in [1.29, 1.82) is 0 Å². The average molecular weight is 786 g/mol. The summed E-state index contributed by atoms with van der Waals surface area (Å²) in [4.78, 5) is 49.6. The number of fused-ring (bicyclic) bond motifs is 1. The molecule has 4 heterocycles. The second-order valence-corrected chi connectivity index (χ2v) is 14.1.